The van der Waals surface area contributed by atoms with Crippen LogP contribution in [0, 0.1) is 17.0 Å². The number of sulfonamides is 2. The second kappa shape index (κ2) is 10.5. The molecule has 3 aromatic rings. The molecule has 0 fully saturated rings. The number of nitrogens with one attached hydrogen (secondary N) is 1. The molecule has 9 nitrogen and oxygen atoms in total. The van der Waals surface area contributed by atoms with Gasteiger partial charge < -0.3 is 0 Å². The first-order valence-electron chi connectivity index (χ1n) is 10.1. The number of hydrogen-bond donors (Lipinski definition) is 1. The Bertz CT molecular complexity index is 1380. The highest BCUT2D eigenvalue weighted by Crippen LogP contribution is 2.27. The van der Waals surface area contributed by atoms with Crippen LogP contribution in [0.3, 0.4) is 0 Å². The molecule has 0 atom stereocenters. The summed E-state index contributed by atoms with van der Waals surface area (Å²) in [4.78, 5) is 10.1. The molecule has 1 N–H and O–H groups in total. The molecule has 0 heterocycles. The van der Waals surface area contributed by atoms with Crippen LogP contribution >= 0.6 is 11.6 Å². The second-order valence-electron chi connectivity index (χ2n) is 7.35. The van der Waals surface area contributed by atoms with E-state index in [1.54, 1.807) is 42.5 Å². The molecule has 3 aromatic carbocycles. The number of nitro groups is 1. The molecule has 0 unspecified atom stereocenters. The van der Waals surface area contributed by atoms with Gasteiger partial charge in [0.1, 0.15) is 5.02 Å². The number of nitro benzene ring substituents is 1. The molecule has 0 aliphatic heterocycles. The van der Waals surface area contributed by atoms with Crippen molar-refractivity contribution in [1.29, 1.82) is 0 Å². The van der Waals surface area contributed by atoms with Crippen molar-refractivity contribution in [3.63, 3.8) is 0 Å². The molecule has 0 aliphatic rings. The maximum atomic E-state index is 13.3. The van der Waals surface area contributed by atoms with Crippen molar-refractivity contribution in [2.24, 2.45) is 0 Å². The third-order valence-corrected chi connectivity index (χ3v) is 8.53. The average molecular weight is 524 g/mol. The SMILES string of the molecule is Cc1ccc(S(=O)(=O)N(CCCNS(=O)(=O)c2ccc(Cl)c([N+](=O)[O-])c2)c2ccccc2)cc1. The lowest BCUT2D eigenvalue weighted by Crippen LogP contribution is -2.34. The summed E-state index contributed by atoms with van der Waals surface area (Å²) in [5.41, 5.74) is 0.838. The van der Waals surface area contributed by atoms with Crippen molar-refractivity contribution in [1.82, 2.24) is 4.72 Å². The molecule has 0 amide bonds. The average Bonchev–Trinajstić information content (AvgIpc) is 2.79. The lowest BCUT2D eigenvalue weighted by Gasteiger charge is -2.24. The maximum Gasteiger partial charge on any atom is 0.289 e. The fourth-order valence-corrected chi connectivity index (χ4v) is 5.92. The van der Waals surface area contributed by atoms with Gasteiger partial charge in [0.2, 0.25) is 10.0 Å². The number of nitrogens with zero attached hydrogens (tertiary/aromatic N) is 2. The van der Waals surface area contributed by atoms with Gasteiger partial charge in [0.15, 0.2) is 0 Å². The predicted octanol–water partition coefficient (Wildman–Crippen LogP) is 4.12. The third-order valence-electron chi connectivity index (χ3n) is 4.91. The standard InChI is InChI=1S/C22H22ClN3O6S2/c1-17-8-10-19(11-9-17)34(31,32)25(18-6-3-2-4-7-18)15-5-14-24-33(29,30)20-12-13-21(23)22(16-20)26(27)28/h2-4,6-13,16,24H,5,14-15H2,1H3. The number of para-hydroxylation sites is 1. The summed E-state index contributed by atoms with van der Waals surface area (Å²) < 4.78 is 55.3. The molecule has 34 heavy (non-hydrogen) atoms. The van der Waals surface area contributed by atoms with Gasteiger partial charge in [-0.2, -0.15) is 0 Å². The van der Waals surface area contributed by atoms with Crippen LogP contribution in [0.5, 0.6) is 0 Å². The Balaban J connectivity index is 1.76. The van der Waals surface area contributed by atoms with E-state index in [1.165, 1.54) is 16.4 Å². The fourth-order valence-electron chi connectivity index (χ4n) is 3.13. The molecule has 0 spiro atoms. The van der Waals surface area contributed by atoms with E-state index in [0.29, 0.717) is 5.69 Å². The molecular weight excluding hydrogens is 502 g/mol. The minimum Gasteiger partial charge on any atom is -0.266 e. The summed E-state index contributed by atoms with van der Waals surface area (Å²) in [5.74, 6) is 0. The van der Waals surface area contributed by atoms with Crippen molar-refractivity contribution >= 4 is 43.0 Å². The first-order chi connectivity index (χ1) is 16.0. The Morgan fingerprint density at radius 1 is 0.941 bits per heavy atom. The zero-order valence-electron chi connectivity index (χ0n) is 18.1. The molecular formula is C22H22ClN3O6S2. The van der Waals surface area contributed by atoms with Gasteiger partial charge in [-0.05, 0) is 49.7 Å². The molecule has 0 saturated heterocycles. The fraction of sp³-hybridized carbons (Fsp3) is 0.182. The van der Waals surface area contributed by atoms with E-state index in [0.717, 1.165) is 23.8 Å². The van der Waals surface area contributed by atoms with Gasteiger partial charge in [-0.15, -0.1) is 0 Å². The molecule has 0 saturated carbocycles. The molecule has 0 bridgehead atoms. The van der Waals surface area contributed by atoms with Crippen LogP contribution in [-0.2, 0) is 20.0 Å². The summed E-state index contributed by atoms with van der Waals surface area (Å²) in [6.45, 7) is 1.77. The first kappa shape index (κ1) is 25.6. The van der Waals surface area contributed by atoms with Gasteiger partial charge in [-0.1, -0.05) is 47.5 Å². The molecule has 12 heteroatoms. The van der Waals surface area contributed by atoms with Crippen LogP contribution in [-0.4, -0.2) is 34.8 Å². The quantitative estimate of drug-likeness (QED) is 0.242. The van der Waals surface area contributed by atoms with E-state index in [9.17, 15) is 26.9 Å². The van der Waals surface area contributed by atoms with Gasteiger partial charge >= 0.3 is 0 Å². The van der Waals surface area contributed by atoms with Crippen molar-refractivity contribution in [3.05, 3.63) is 93.5 Å². The summed E-state index contributed by atoms with van der Waals surface area (Å²) in [5, 5.41) is 10.9. The van der Waals surface area contributed by atoms with E-state index in [1.807, 2.05) is 6.92 Å². The Morgan fingerprint density at radius 3 is 2.18 bits per heavy atom. The van der Waals surface area contributed by atoms with Gasteiger partial charge in [0.05, 0.1) is 20.4 Å². The molecule has 0 aromatic heterocycles. The zero-order valence-corrected chi connectivity index (χ0v) is 20.5. The Labute approximate surface area is 203 Å². The van der Waals surface area contributed by atoms with Crippen LogP contribution in [0.25, 0.3) is 0 Å². The number of rotatable bonds is 10. The molecule has 0 aliphatic carbocycles. The lowest BCUT2D eigenvalue weighted by atomic mass is 10.2. The topological polar surface area (TPSA) is 127 Å². The van der Waals surface area contributed by atoms with Gasteiger partial charge in [-0.3, -0.25) is 14.4 Å². The number of benzene rings is 3. The normalized spacial score (nSPS) is 11.8. The van der Waals surface area contributed by atoms with E-state index in [2.05, 4.69) is 4.72 Å². The third kappa shape index (κ3) is 5.92. The van der Waals surface area contributed by atoms with Gasteiger partial charge in [-0.25, -0.2) is 21.6 Å². The van der Waals surface area contributed by atoms with Crippen molar-refractivity contribution in [2.45, 2.75) is 23.1 Å². The highest BCUT2D eigenvalue weighted by Gasteiger charge is 2.25. The van der Waals surface area contributed by atoms with Crippen LogP contribution < -0.4 is 9.03 Å². The highest BCUT2D eigenvalue weighted by molar-refractivity contribution is 7.92. The lowest BCUT2D eigenvalue weighted by molar-refractivity contribution is -0.384. The van der Waals surface area contributed by atoms with Crippen LogP contribution in [0.15, 0.2) is 82.6 Å². The Morgan fingerprint density at radius 2 is 1.56 bits per heavy atom. The summed E-state index contributed by atoms with van der Waals surface area (Å²) in [7, 11) is -7.96. The Kier molecular flexibility index (Phi) is 7.93. The van der Waals surface area contributed by atoms with Crippen molar-refractivity contribution in [3.8, 4) is 0 Å². The predicted molar refractivity (Wildman–Crippen MR) is 130 cm³/mol. The summed E-state index contributed by atoms with van der Waals surface area (Å²) in [6.07, 6.45) is 0.148. The van der Waals surface area contributed by atoms with E-state index in [4.69, 9.17) is 11.6 Å². The smallest absolute Gasteiger partial charge is 0.266 e. The molecule has 180 valence electrons. The first-order valence-corrected chi connectivity index (χ1v) is 13.4. The van der Waals surface area contributed by atoms with E-state index < -0.39 is 30.7 Å². The molecule has 0 radical (unpaired) electrons. The van der Waals surface area contributed by atoms with Crippen LogP contribution in [0.2, 0.25) is 5.02 Å². The van der Waals surface area contributed by atoms with Crippen LogP contribution in [0.4, 0.5) is 11.4 Å². The number of aryl methyl sites for hydroxylation is 1. The minimum absolute atomic E-state index is 0.00348. The number of hydrogen-bond acceptors (Lipinski definition) is 6. The summed E-state index contributed by atoms with van der Waals surface area (Å²) >= 11 is 5.74. The van der Waals surface area contributed by atoms with E-state index >= 15 is 0 Å². The maximum absolute atomic E-state index is 13.3. The van der Waals surface area contributed by atoms with Gasteiger partial charge in [0, 0.05) is 19.2 Å². The van der Waals surface area contributed by atoms with Crippen LogP contribution in [0.1, 0.15) is 12.0 Å². The zero-order chi connectivity index (χ0) is 24.9. The second-order valence-corrected chi connectivity index (χ2v) is 11.4. The van der Waals surface area contributed by atoms with Gasteiger partial charge in [0.25, 0.3) is 15.7 Å². The molecule has 3 rings (SSSR count). The van der Waals surface area contributed by atoms with E-state index in [-0.39, 0.29) is 34.3 Å². The van der Waals surface area contributed by atoms with Crippen molar-refractivity contribution < 1.29 is 21.8 Å². The minimum atomic E-state index is -4.07. The number of anilines is 1. The summed E-state index contributed by atoms with van der Waals surface area (Å²) in [6, 6.07) is 18.1. The largest absolute Gasteiger partial charge is 0.289 e. The Hall–Kier alpha value is -2.99. The number of halogens is 1. The monoisotopic (exact) mass is 523 g/mol. The van der Waals surface area contributed by atoms with Crippen molar-refractivity contribution in [2.75, 3.05) is 17.4 Å². The highest BCUT2D eigenvalue weighted by atomic mass is 35.5.